The van der Waals surface area contributed by atoms with Crippen molar-refractivity contribution in [2.24, 2.45) is 0 Å². The number of carbonyl (C=O) groups excluding carboxylic acids is 4. The van der Waals surface area contributed by atoms with Gasteiger partial charge >= 0.3 is 12.0 Å². The number of amides is 3. The van der Waals surface area contributed by atoms with Crippen LogP contribution in [0.3, 0.4) is 0 Å². The molecule has 0 radical (unpaired) electrons. The first kappa shape index (κ1) is 23.2. The van der Waals surface area contributed by atoms with Crippen molar-refractivity contribution in [2.75, 3.05) is 18.5 Å². The molecule has 0 aromatic heterocycles. The smallest absolute Gasteiger partial charge is 0.325 e. The fraction of sp³-hybridized carbons (Fsp3) is 0.120. The second kappa shape index (κ2) is 11.8. The molecule has 0 aliphatic heterocycles. The minimum atomic E-state index is -0.770. The highest BCUT2D eigenvalue weighted by molar-refractivity contribution is 6.13. The molecule has 3 N–H and O–H groups in total. The highest BCUT2D eigenvalue weighted by atomic mass is 16.5. The van der Waals surface area contributed by atoms with Gasteiger partial charge in [0.05, 0.1) is 5.69 Å². The van der Waals surface area contributed by atoms with Crippen molar-refractivity contribution in [1.29, 1.82) is 0 Å². The summed E-state index contributed by atoms with van der Waals surface area (Å²) in [5.41, 5.74) is 2.03. The molecule has 0 fully saturated rings. The van der Waals surface area contributed by atoms with Crippen LogP contribution in [0.4, 0.5) is 10.5 Å². The molecule has 3 amide bonds. The first-order valence-corrected chi connectivity index (χ1v) is 10.2. The van der Waals surface area contributed by atoms with Gasteiger partial charge in [-0.2, -0.15) is 0 Å². The van der Waals surface area contributed by atoms with E-state index in [4.69, 9.17) is 4.74 Å². The van der Waals surface area contributed by atoms with E-state index in [-0.39, 0.29) is 5.78 Å². The molecular formula is C25H23N3O5. The van der Waals surface area contributed by atoms with Gasteiger partial charge in [-0.15, -0.1) is 0 Å². The summed E-state index contributed by atoms with van der Waals surface area (Å²) in [6.45, 7) is -0.637. The summed E-state index contributed by atoms with van der Waals surface area (Å²) < 4.78 is 4.90. The third kappa shape index (κ3) is 7.32. The fourth-order valence-corrected chi connectivity index (χ4v) is 2.91. The van der Waals surface area contributed by atoms with Gasteiger partial charge in [0.2, 0.25) is 0 Å². The highest BCUT2D eigenvalue weighted by Gasteiger charge is 2.16. The predicted molar refractivity (Wildman–Crippen MR) is 123 cm³/mol. The largest absolute Gasteiger partial charge is 0.454 e. The summed E-state index contributed by atoms with van der Waals surface area (Å²) in [5.74, 6) is -1.62. The molecule has 0 aliphatic rings. The van der Waals surface area contributed by atoms with Crippen LogP contribution in [0.1, 0.15) is 21.5 Å². The minimum Gasteiger partial charge on any atom is -0.454 e. The van der Waals surface area contributed by atoms with Gasteiger partial charge in [0.25, 0.3) is 5.91 Å². The van der Waals surface area contributed by atoms with Crippen LogP contribution in [0.25, 0.3) is 0 Å². The molecule has 0 saturated carbocycles. The molecule has 3 rings (SSSR count). The SMILES string of the molecule is O=C(COC(=O)CNC(=O)NCc1ccccc1)Nc1ccccc1C(=O)c1ccccc1. The maximum absolute atomic E-state index is 12.7. The van der Waals surface area contributed by atoms with Crippen molar-refractivity contribution in [3.63, 3.8) is 0 Å². The van der Waals surface area contributed by atoms with Gasteiger partial charge in [-0.25, -0.2) is 4.79 Å². The van der Waals surface area contributed by atoms with E-state index >= 15 is 0 Å². The number of ether oxygens (including phenoxy) is 1. The van der Waals surface area contributed by atoms with E-state index in [1.165, 1.54) is 0 Å². The van der Waals surface area contributed by atoms with Gasteiger partial charge < -0.3 is 20.7 Å². The molecule has 3 aromatic rings. The molecule has 0 atom stereocenters. The van der Waals surface area contributed by atoms with Crippen LogP contribution in [-0.4, -0.2) is 36.8 Å². The number of esters is 1. The summed E-state index contributed by atoms with van der Waals surface area (Å²) in [6.07, 6.45) is 0. The fourth-order valence-electron chi connectivity index (χ4n) is 2.91. The summed E-state index contributed by atoms with van der Waals surface area (Å²) in [4.78, 5) is 48.6. The lowest BCUT2D eigenvalue weighted by atomic mass is 10.0. The minimum absolute atomic E-state index is 0.241. The summed E-state index contributed by atoms with van der Waals surface area (Å²) >= 11 is 0. The Labute approximate surface area is 191 Å². The van der Waals surface area contributed by atoms with Crippen molar-refractivity contribution < 1.29 is 23.9 Å². The standard InChI is InChI=1S/C25H23N3O5/c29-22(17-33-23(30)16-27-25(32)26-15-18-9-3-1-4-10-18)28-21-14-8-7-13-20(21)24(31)19-11-5-2-6-12-19/h1-14H,15-17H2,(H,28,29)(H2,26,27,32). The summed E-state index contributed by atoms with van der Waals surface area (Å²) in [6, 6.07) is 24.0. The number of carbonyl (C=O) groups is 4. The second-order valence-corrected chi connectivity index (χ2v) is 6.97. The number of hydrogen-bond donors (Lipinski definition) is 3. The quantitative estimate of drug-likeness (QED) is 0.346. The Bertz CT molecular complexity index is 1120. The number of urea groups is 1. The number of rotatable bonds is 9. The van der Waals surface area contributed by atoms with E-state index in [0.29, 0.717) is 23.4 Å². The van der Waals surface area contributed by atoms with Crippen LogP contribution in [0, 0.1) is 0 Å². The average Bonchev–Trinajstić information content (AvgIpc) is 2.86. The van der Waals surface area contributed by atoms with E-state index in [1.807, 2.05) is 30.3 Å². The van der Waals surface area contributed by atoms with Crippen LogP contribution >= 0.6 is 0 Å². The zero-order valence-corrected chi connectivity index (χ0v) is 17.7. The van der Waals surface area contributed by atoms with E-state index in [1.54, 1.807) is 54.6 Å². The predicted octanol–water partition coefficient (Wildman–Crippen LogP) is 2.90. The van der Waals surface area contributed by atoms with Crippen molar-refractivity contribution in [1.82, 2.24) is 10.6 Å². The summed E-state index contributed by atoms with van der Waals surface area (Å²) in [7, 11) is 0. The van der Waals surface area contributed by atoms with E-state index in [2.05, 4.69) is 16.0 Å². The van der Waals surface area contributed by atoms with Gasteiger partial charge in [0.15, 0.2) is 12.4 Å². The summed E-state index contributed by atoms with van der Waals surface area (Å²) in [5, 5.41) is 7.56. The van der Waals surface area contributed by atoms with Crippen LogP contribution in [0.5, 0.6) is 0 Å². The number of ketones is 1. The van der Waals surface area contributed by atoms with Crippen molar-refractivity contribution in [2.45, 2.75) is 6.54 Å². The third-order valence-electron chi connectivity index (χ3n) is 4.54. The Balaban J connectivity index is 1.43. The molecule has 168 valence electrons. The third-order valence-corrected chi connectivity index (χ3v) is 4.54. The van der Waals surface area contributed by atoms with Crippen molar-refractivity contribution in [3.05, 3.63) is 102 Å². The zero-order chi connectivity index (χ0) is 23.5. The molecule has 33 heavy (non-hydrogen) atoms. The second-order valence-electron chi connectivity index (χ2n) is 6.97. The number of nitrogens with one attached hydrogen (secondary N) is 3. The van der Waals surface area contributed by atoms with E-state index < -0.39 is 31.1 Å². The molecule has 0 saturated heterocycles. The zero-order valence-electron chi connectivity index (χ0n) is 17.7. The Kier molecular flexibility index (Phi) is 8.30. The lowest BCUT2D eigenvalue weighted by molar-refractivity contribution is -0.146. The lowest BCUT2D eigenvalue weighted by Gasteiger charge is -2.11. The van der Waals surface area contributed by atoms with Gasteiger partial charge in [-0.1, -0.05) is 72.8 Å². The number of benzene rings is 3. The van der Waals surface area contributed by atoms with Gasteiger partial charge in [0.1, 0.15) is 6.54 Å². The first-order chi connectivity index (χ1) is 16.0. The van der Waals surface area contributed by atoms with Crippen LogP contribution in [0.2, 0.25) is 0 Å². The van der Waals surface area contributed by atoms with Crippen LogP contribution in [0.15, 0.2) is 84.9 Å². The number of anilines is 1. The highest BCUT2D eigenvalue weighted by Crippen LogP contribution is 2.19. The Morgan fingerprint density at radius 1 is 0.727 bits per heavy atom. The van der Waals surface area contributed by atoms with Crippen molar-refractivity contribution in [3.8, 4) is 0 Å². The van der Waals surface area contributed by atoms with Crippen LogP contribution in [-0.2, 0) is 20.9 Å². The number of para-hydroxylation sites is 1. The maximum Gasteiger partial charge on any atom is 0.325 e. The Morgan fingerprint density at radius 2 is 1.36 bits per heavy atom. The molecule has 0 unspecified atom stereocenters. The monoisotopic (exact) mass is 445 g/mol. The average molecular weight is 445 g/mol. The topological polar surface area (TPSA) is 114 Å². The first-order valence-electron chi connectivity index (χ1n) is 10.2. The van der Waals surface area contributed by atoms with Gasteiger partial charge in [0, 0.05) is 17.7 Å². The molecule has 3 aromatic carbocycles. The molecule has 0 heterocycles. The Hall–Kier alpha value is -4.46. The number of hydrogen-bond acceptors (Lipinski definition) is 5. The Morgan fingerprint density at radius 3 is 2.09 bits per heavy atom. The molecular weight excluding hydrogens is 422 g/mol. The lowest BCUT2D eigenvalue weighted by Crippen LogP contribution is -2.39. The molecule has 0 aliphatic carbocycles. The van der Waals surface area contributed by atoms with Gasteiger partial charge in [-0.3, -0.25) is 14.4 Å². The molecule has 8 heteroatoms. The van der Waals surface area contributed by atoms with Crippen molar-refractivity contribution >= 4 is 29.4 Å². The van der Waals surface area contributed by atoms with E-state index in [0.717, 1.165) is 5.56 Å². The van der Waals surface area contributed by atoms with E-state index in [9.17, 15) is 19.2 Å². The molecule has 8 nitrogen and oxygen atoms in total. The molecule has 0 spiro atoms. The molecule has 0 bridgehead atoms. The van der Waals surface area contributed by atoms with Gasteiger partial charge in [-0.05, 0) is 17.7 Å². The maximum atomic E-state index is 12.7. The normalized spacial score (nSPS) is 10.1. The van der Waals surface area contributed by atoms with Crippen LogP contribution < -0.4 is 16.0 Å².